The molecule has 1 aromatic carbocycles. The highest BCUT2D eigenvalue weighted by atomic mass is 32.1. The molecule has 0 aliphatic carbocycles. The zero-order chi connectivity index (χ0) is 15.0. The van der Waals surface area contributed by atoms with Crippen molar-refractivity contribution in [2.24, 2.45) is 0 Å². The summed E-state index contributed by atoms with van der Waals surface area (Å²) in [4.78, 5) is 28.5. The van der Waals surface area contributed by atoms with Crippen LogP contribution in [0.15, 0.2) is 29.6 Å². The van der Waals surface area contributed by atoms with Crippen LogP contribution in [0.1, 0.15) is 40.1 Å². The summed E-state index contributed by atoms with van der Waals surface area (Å²) in [7, 11) is 0. The Bertz CT molecular complexity index is 691. The molecule has 5 heteroatoms. The lowest BCUT2D eigenvalue weighted by atomic mass is 9.80. The Kier molecular flexibility index (Phi) is 3.59. The van der Waals surface area contributed by atoms with Gasteiger partial charge in [-0.05, 0) is 19.4 Å². The van der Waals surface area contributed by atoms with Gasteiger partial charge in [0.25, 0.3) is 0 Å². The van der Waals surface area contributed by atoms with Crippen LogP contribution in [0.4, 0.5) is 0 Å². The van der Waals surface area contributed by atoms with Crippen LogP contribution >= 0.6 is 11.3 Å². The molecule has 2 unspecified atom stereocenters. The van der Waals surface area contributed by atoms with E-state index in [-0.39, 0.29) is 23.7 Å². The van der Waals surface area contributed by atoms with Gasteiger partial charge in [0.1, 0.15) is 0 Å². The maximum Gasteiger partial charge on any atom is 0.234 e. The van der Waals surface area contributed by atoms with E-state index in [1.807, 2.05) is 43.5 Å². The Labute approximate surface area is 127 Å². The number of hydrogen-bond acceptors (Lipinski definition) is 4. The van der Waals surface area contributed by atoms with Crippen LogP contribution < -0.4 is 5.32 Å². The van der Waals surface area contributed by atoms with Crippen molar-refractivity contribution in [1.29, 1.82) is 0 Å². The molecule has 0 radical (unpaired) electrons. The smallest absolute Gasteiger partial charge is 0.234 e. The van der Waals surface area contributed by atoms with Crippen LogP contribution in [0.2, 0.25) is 0 Å². The molecule has 2 aromatic rings. The van der Waals surface area contributed by atoms with Crippen LogP contribution in [0.25, 0.3) is 0 Å². The minimum absolute atomic E-state index is 0.173. The number of imide groups is 1. The normalized spacial score (nSPS) is 22.2. The minimum atomic E-state index is -0.353. The molecule has 108 valence electrons. The lowest BCUT2D eigenvalue weighted by Gasteiger charge is -2.29. The first-order chi connectivity index (χ1) is 10.0. The largest absolute Gasteiger partial charge is 0.296 e. The molecule has 2 amide bonds. The van der Waals surface area contributed by atoms with Gasteiger partial charge in [0.15, 0.2) is 0 Å². The number of piperidine rings is 1. The lowest BCUT2D eigenvalue weighted by molar-refractivity contribution is -0.135. The van der Waals surface area contributed by atoms with E-state index < -0.39 is 0 Å². The first-order valence-electron chi connectivity index (χ1n) is 6.87. The molecular weight excluding hydrogens is 284 g/mol. The second-order valence-corrected chi connectivity index (χ2v) is 6.33. The molecule has 1 aromatic heterocycles. The van der Waals surface area contributed by atoms with Gasteiger partial charge in [-0.2, -0.15) is 0 Å². The van der Waals surface area contributed by atoms with E-state index in [0.29, 0.717) is 6.42 Å². The molecule has 1 N–H and O–H groups in total. The number of nitrogens with one attached hydrogen (secondary N) is 1. The molecule has 1 aliphatic rings. The van der Waals surface area contributed by atoms with Gasteiger partial charge >= 0.3 is 0 Å². The first kappa shape index (κ1) is 13.9. The van der Waals surface area contributed by atoms with Gasteiger partial charge in [-0.3, -0.25) is 14.9 Å². The average Bonchev–Trinajstić information content (AvgIpc) is 2.86. The second-order valence-electron chi connectivity index (χ2n) is 5.44. The van der Waals surface area contributed by atoms with Crippen molar-refractivity contribution in [2.45, 2.75) is 32.1 Å². The molecular formula is C16H16N2O2S. The van der Waals surface area contributed by atoms with Crippen LogP contribution in [0.3, 0.4) is 0 Å². The van der Waals surface area contributed by atoms with Crippen molar-refractivity contribution in [3.63, 3.8) is 0 Å². The predicted molar refractivity (Wildman–Crippen MR) is 81.3 cm³/mol. The molecule has 0 spiro atoms. The first-order valence-corrected chi connectivity index (χ1v) is 7.75. The van der Waals surface area contributed by atoms with Gasteiger partial charge < -0.3 is 0 Å². The number of amides is 2. The van der Waals surface area contributed by atoms with Crippen molar-refractivity contribution in [3.8, 4) is 0 Å². The fraction of sp³-hybridized carbons (Fsp3) is 0.312. The van der Waals surface area contributed by atoms with Crippen LogP contribution in [0, 0.1) is 13.8 Å². The Morgan fingerprint density at radius 2 is 1.90 bits per heavy atom. The van der Waals surface area contributed by atoms with Gasteiger partial charge in [0.05, 0.1) is 10.9 Å². The number of benzene rings is 1. The summed E-state index contributed by atoms with van der Waals surface area (Å²) in [6.07, 6.45) is 0.303. The summed E-state index contributed by atoms with van der Waals surface area (Å²) in [5.41, 5.74) is 3.01. The van der Waals surface area contributed by atoms with Gasteiger partial charge in [-0.15, -0.1) is 11.3 Å². The number of carbonyl (C=O) groups excluding carboxylic acids is 2. The van der Waals surface area contributed by atoms with Crippen molar-refractivity contribution < 1.29 is 9.59 Å². The van der Waals surface area contributed by atoms with Crippen molar-refractivity contribution >= 4 is 23.2 Å². The van der Waals surface area contributed by atoms with Crippen LogP contribution in [-0.2, 0) is 9.59 Å². The number of aromatic nitrogens is 1. The second kappa shape index (κ2) is 5.41. The quantitative estimate of drug-likeness (QED) is 0.867. The highest BCUT2D eigenvalue weighted by Gasteiger charge is 2.39. The molecule has 1 fully saturated rings. The van der Waals surface area contributed by atoms with Gasteiger partial charge in [-0.25, -0.2) is 4.98 Å². The third-order valence-electron chi connectivity index (χ3n) is 3.74. The summed E-state index contributed by atoms with van der Waals surface area (Å²) in [6.45, 7) is 3.93. The van der Waals surface area contributed by atoms with Gasteiger partial charge in [0.2, 0.25) is 11.8 Å². The number of thiazole rings is 1. The Hall–Kier alpha value is -2.01. The molecule has 0 saturated carbocycles. The standard InChI is InChI=1S/C16H16N2O2S/c1-9-3-5-11(6-4-9)14-12(7-13(19)18-15(14)20)16-17-10(2)8-21-16/h3-6,8,12,14H,7H2,1-2H3,(H,18,19,20). The SMILES string of the molecule is Cc1ccc(C2C(=O)NC(=O)CC2c2nc(C)cs2)cc1. The Morgan fingerprint density at radius 3 is 2.52 bits per heavy atom. The molecule has 4 nitrogen and oxygen atoms in total. The zero-order valence-corrected chi connectivity index (χ0v) is 12.7. The monoisotopic (exact) mass is 300 g/mol. The van der Waals surface area contributed by atoms with E-state index >= 15 is 0 Å². The maximum atomic E-state index is 12.3. The average molecular weight is 300 g/mol. The topological polar surface area (TPSA) is 59.1 Å². The Morgan fingerprint density at radius 1 is 1.19 bits per heavy atom. The van der Waals surface area contributed by atoms with Crippen molar-refractivity contribution in [3.05, 3.63) is 51.5 Å². The van der Waals surface area contributed by atoms with E-state index in [0.717, 1.165) is 21.8 Å². The summed E-state index contributed by atoms with van der Waals surface area (Å²) in [5, 5.41) is 5.27. The number of nitrogens with zero attached hydrogens (tertiary/aromatic N) is 1. The molecule has 3 rings (SSSR count). The van der Waals surface area contributed by atoms with E-state index in [4.69, 9.17) is 0 Å². The highest BCUT2D eigenvalue weighted by Crippen LogP contribution is 2.39. The number of hydrogen-bond donors (Lipinski definition) is 1. The van der Waals surface area contributed by atoms with E-state index in [9.17, 15) is 9.59 Å². The van der Waals surface area contributed by atoms with Crippen molar-refractivity contribution in [2.75, 3.05) is 0 Å². The highest BCUT2D eigenvalue weighted by molar-refractivity contribution is 7.09. The number of aryl methyl sites for hydroxylation is 2. The van der Waals surface area contributed by atoms with E-state index in [1.165, 1.54) is 11.3 Å². The summed E-state index contributed by atoms with van der Waals surface area (Å²) < 4.78 is 0. The fourth-order valence-corrected chi connectivity index (χ4v) is 3.63. The fourth-order valence-electron chi connectivity index (χ4n) is 2.70. The molecule has 0 bridgehead atoms. The molecule has 2 atom stereocenters. The number of rotatable bonds is 2. The summed E-state index contributed by atoms with van der Waals surface area (Å²) >= 11 is 1.52. The van der Waals surface area contributed by atoms with E-state index in [2.05, 4.69) is 10.3 Å². The summed E-state index contributed by atoms with van der Waals surface area (Å²) in [6, 6.07) is 7.90. The molecule has 1 saturated heterocycles. The molecule has 1 aliphatic heterocycles. The number of carbonyl (C=O) groups is 2. The van der Waals surface area contributed by atoms with Crippen LogP contribution in [0.5, 0.6) is 0 Å². The predicted octanol–water partition coefficient (Wildman–Crippen LogP) is 2.67. The third-order valence-corrected chi connectivity index (χ3v) is 4.84. The van der Waals surface area contributed by atoms with E-state index in [1.54, 1.807) is 0 Å². The summed E-state index contributed by atoms with van der Waals surface area (Å²) in [5.74, 6) is -0.976. The zero-order valence-electron chi connectivity index (χ0n) is 11.9. The molecule has 2 heterocycles. The Balaban J connectivity index is 2.02. The van der Waals surface area contributed by atoms with Gasteiger partial charge in [0, 0.05) is 23.4 Å². The van der Waals surface area contributed by atoms with Gasteiger partial charge in [-0.1, -0.05) is 29.8 Å². The molecule has 21 heavy (non-hydrogen) atoms. The van der Waals surface area contributed by atoms with Crippen molar-refractivity contribution in [1.82, 2.24) is 10.3 Å². The maximum absolute atomic E-state index is 12.3. The minimum Gasteiger partial charge on any atom is -0.296 e. The lowest BCUT2D eigenvalue weighted by Crippen LogP contribution is -2.43. The third kappa shape index (κ3) is 2.74. The van der Waals surface area contributed by atoms with Crippen LogP contribution in [-0.4, -0.2) is 16.8 Å².